The zero-order valence-electron chi connectivity index (χ0n) is 25.1. The molecule has 1 saturated heterocycles. The molecule has 2 aromatic carbocycles. The molecule has 0 aliphatic carbocycles. The molecule has 0 saturated carbocycles. The lowest BCUT2D eigenvalue weighted by Crippen LogP contribution is -2.56. The minimum absolute atomic E-state index is 0.0186. The lowest BCUT2D eigenvalue weighted by molar-refractivity contribution is -0.134. The maximum atomic E-state index is 14.1. The molecule has 1 atom stereocenters. The van der Waals surface area contributed by atoms with Gasteiger partial charge in [0.15, 0.2) is 0 Å². The van der Waals surface area contributed by atoms with E-state index < -0.39 is 32.0 Å². The largest absolute Gasteiger partial charge is 0.487 e. The summed E-state index contributed by atoms with van der Waals surface area (Å²) < 4.78 is 62.5. The number of sulfonamides is 2. The number of hydrogen-bond donors (Lipinski definition) is 3. The van der Waals surface area contributed by atoms with Crippen LogP contribution >= 0.6 is 0 Å². The number of rotatable bonds is 8. The number of nitrogens with two attached hydrogens (primary N) is 1. The standard InChI is InChI=1S/C29H41N5O6S2/c1-18-19(2)26(20(3)23-10-11-29(4,5)40-25(18)23)42(38,39)32-24(17-21-8-7-9-22(16-21)27(30)31)28(35)33-12-14-34(15-13-33)41(6,36)37/h7-9,16,24,32H,10-15,17H2,1-6H3,(H3,30,31)/t24-/m0/s1. The van der Waals surface area contributed by atoms with Crippen LogP contribution in [0.15, 0.2) is 29.2 Å². The quantitative estimate of drug-likeness (QED) is 0.301. The average molecular weight is 620 g/mol. The summed E-state index contributed by atoms with van der Waals surface area (Å²) in [5, 5.41) is 7.78. The number of nitrogens with zero attached hydrogens (tertiary/aromatic N) is 2. The van der Waals surface area contributed by atoms with Crippen molar-refractivity contribution in [3.63, 3.8) is 0 Å². The molecule has 4 rings (SSSR count). The van der Waals surface area contributed by atoms with Crippen LogP contribution in [0.4, 0.5) is 0 Å². The molecular weight excluding hydrogens is 578 g/mol. The molecule has 2 aliphatic heterocycles. The number of hydrogen-bond acceptors (Lipinski definition) is 7. The number of fused-ring (bicyclic) bond motifs is 1. The molecule has 0 unspecified atom stereocenters. The number of piperazine rings is 1. The van der Waals surface area contributed by atoms with E-state index in [4.69, 9.17) is 15.9 Å². The summed E-state index contributed by atoms with van der Waals surface area (Å²) in [5.74, 6) is 0.131. The third kappa shape index (κ3) is 6.64. The van der Waals surface area contributed by atoms with Crippen molar-refractivity contribution in [1.82, 2.24) is 13.9 Å². The van der Waals surface area contributed by atoms with Gasteiger partial charge < -0.3 is 15.4 Å². The number of nitrogen functional groups attached to an aromatic ring is 1. The van der Waals surface area contributed by atoms with Crippen molar-refractivity contribution >= 4 is 31.8 Å². The summed E-state index contributed by atoms with van der Waals surface area (Å²) in [6, 6.07) is 5.62. The topological polar surface area (TPSA) is 163 Å². The number of ether oxygens (including phenoxy) is 1. The van der Waals surface area contributed by atoms with Crippen molar-refractivity contribution in [1.29, 1.82) is 5.41 Å². The molecule has 2 aliphatic rings. The van der Waals surface area contributed by atoms with Gasteiger partial charge in [0.25, 0.3) is 0 Å². The maximum Gasteiger partial charge on any atom is 0.241 e. The van der Waals surface area contributed by atoms with Crippen LogP contribution in [0.1, 0.15) is 53.6 Å². The SMILES string of the molecule is Cc1c(C)c(S(=O)(=O)N[C@@H](Cc2cccc(C(=N)N)c2)C(=O)N2CCN(S(C)(=O)=O)CC2)c(C)c2c1OC(C)(C)CC2. The van der Waals surface area contributed by atoms with Gasteiger partial charge in [0.1, 0.15) is 23.2 Å². The lowest BCUT2D eigenvalue weighted by atomic mass is 9.88. The van der Waals surface area contributed by atoms with Gasteiger partial charge in [-0.25, -0.2) is 16.8 Å². The Labute approximate surface area is 249 Å². The number of amidine groups is 1. The molecular formula is C29H41N5O6S2. The van der Waals surface area contributed by atoms with Crippen molar-refractivity contribution in [2.45, 2.75) is 70.4 Å². The van der Waals surface area contributed by atoms with Crippen LogP contribution < -0.4 is 15.2 Å². The van der Waals surface area contributed by atoms with Gasteiger partial charge in [0, 0.05) is 31.7 Å². The van der Waals surface area contributed by atoms with Crippen molar-refractivity contribution < 1.29 is 26.4 Å². The summed E-state index contributed by atoms with van der Waals surface area (Å²) in [7, 11) is -7.60. The van der Waals surface area contributed by atoms with Crippen LogP contribution in [-0.4, -0.2) is 81.9 Å². The molecule has 11 nitrogen and oxygen atoms in total. The number of amides is 1. The molecule has 42 heavy (non-hydrogen) atoms. The van der Waals surface area contributed by atoms with Crippen molar-refractivity contribution in [2.24, 2.45) is 5.73 Å². The smallest absolute Gasteiger partial charge is 0.241 e. The molecule has 230 valence electrons. The predicted octanol–water partition coefficient (Wildman–Crippen LogP) is 1.99. The number of carbonyl (C=O) groups is 1. The summed E-state index contributed by atoms with van der Waals surface area (Å²) in [6.07, 6.45) is 2.55. The van der Waals surface area contributed by atoms with E-state index in [1.165, 1.54) is 9.21 Å². The molecule has 13 heteroatoms. The summed E-state index contributed by atoms with van der Waals surface area (Å²) in [4.78, 5) is 15.5. The van der Waals surface area contributed by atoms with Crippen molar-refractivity contribution in [3.05, 3.63) is 57.6 Å². The zero-order chi connectivity index (χ0) is 31.2. The van der Waals surface area contributed by atoms with Gasteiger partial charge >= 0.3 is 0 Å². The summed E-state index contributed by atoms with van der Waals surface area (Å²) in [5.41, 5.74) is 9.16. The Morgan fingerprint density at radius 2 is 1.71 bits per heavy atom. The average Bonchev–Trinajstić information content (AvgIpc) is 2.90. The van der Waals surface area contributed by atoms with Gasteiger partial charge in [-0.2, -0.15) is 9.03 Å². The summed E-state index contributed by atoms with van der Waals surface area (Å²) >= 11 is 0. The van der Waals surface area contributed by atoms with Crippen LogP contribution in [0.25, 0.3) is 0 Å². The highest BCUT2D eigenvalue weighted by Gasteiger charge is 2.37. The second-order valence-corrected chi connectivity index (χ2v) is 15.5. The molecule has 2 heterocycles. The molecule has 0 radical (unpaired) electrons. The normalized spacial score (nSPS) is 18.2. The lowest BCUT2D eigenvalue weighted by Gasteiger charge is -2.36. The molecule has 4 N–H and O–H groups in total. The van der Waals surface area contributed by atoms with Gasteiger partial charge in [0.2, 0.25) is 26.0 Å². The first kappa shape index (κ1) is 31.9. The second-order valence-electron chi connectivity index (χ2n) is 11.9. The fourth-order valence-corrected chi connectivity index (χ4v) is 8.32. The highest BCUT2D eigenvalue weighted by atomic mass is 32.2. The Morgan fingerprint density at radius 1 is 1.07 bits per heavy atom. The van der Waals surface area contributed by atoms with E-state index in [1.54, 1.807) is 38.1 Å². The highest BCUT2D eigenvalue weighted by Crippen LogP contribution is 2.42. The van der Waals surface area contributed by atoms with Crippen LogP contribution in [0.3, 0.4) is 0 Å². The molecule has 2 aromatic rings. The van der Waals surface area contributed by atoms with Gasteiger partial charge in [0.05, 0.1) is 11.2 Å². The van der Waals surface area contributed by atoms with Crippen molar-refractivity contribution in [3.8, 4) is 5.75 Å². The molecule has 0 spiro atoms. The van der Waals surface area contributed by atoms with E-state index in [0.29, 0.717) is 28.7 Å². The number of carbonyl (C=O) groups excluding carboxylic acids is 1. The van der Waals surface area contributed by atoms with Crippen LogP contribution in [-0.2, 0) is 37.7 Å². The summed E-state index contributed by atoms with van der Waals surface area (Å²) in [6.45, 7) is 9.94. The highest BCUT2D eigenvalue weighted by molar-refractivity contribution is 7.89. The van der Waals surface area contributed by atoms with E-state index in [0.717, 1.165) is 29.6 Å². The van der Waals surface area contributed by atoms with Gasteiger partial charge in [-0.15, -0.1) is 0 Å². The van der Waals surface area contributed by atoms with Crippen LogP contribution in [0.2, 0.25) is 0 Å². The molecule has 0 aromatic heterocycles. The molecule has 0 bridgehead atoms. The maximum absolute atomic E-state index is 14.1. The zero-order valence-corrected chi connectivity index (χ0v) is 26.7. The van der Waals surface area contributed by atoms with E-state index >= 15 is 0 Å². The Bertz CT molecular complexity index is 1630. The molecule has 1 amide bonds. The Balaban J connectivity index is 1.71. The minimum Gasteiger partial charge on any atom is -0.487 e. The first-order valence-electron chi connectivity index (χ1n) is 13.9. The first-order valence-corrected chi connectivity index (χ1v) is 17.3. The molecule has 1 fully saturated rings. The van der Waals surface area contributed by atoms with Gasteiger partial charge in [-0.05, 0) is 87.8 Å². The van der Waals surface area contributed by atoms with Gasteiger partial charge in [-0.1, -0.05) is 18.2 Å². The number of nitrogens with one attached hydrogen (secondary N) is 2. The fourth-order valence-electron chi connectivity index (χ4n) is 5.74. The number of benzene rings is 2. The van der Waals surface area contributed by atoms with Gasteiger partial charge in [-0.3, -0.25) is 10.2 Å². The third-order valence-corrected chi connectivity index (χ3v) is 11.3. The Hall–Kier alpha value is -3.00. The predicted molar refractivity (Wildman–Crippen MR) is 162 cm³/mol. The van der Waals surface area contributed by atoms with Crippen LogP contribution in [0, 0.1) is 26.2 Å². The Morgan fingerprint density at radius 3 is 2.31 bits per heavy atom. The van der Waals surface area contributed by atoms with E-state index in [-0.39, 0.29) is 48.9 Å². The third-order valence-electron chi connectivity index (χ3n) is 8.23. The second kappa shape index (κ2) is 11.6. The van der Waals surface area contributed by atoms with E-state index in [1.807, 2.05) is 20.8 Å². The van der Waals surface area contributed by atoms with Crippen LogP contribution in [0.5, 0.6) is 5.75 Å². The van der Waals surface area contributed by atoms with Crippen molar-refractivity contribution in [2.75, 3.05) is 32.4 Å². The van der Waals surface area contributed by atoms with E-state index in [2.05, 4.69) is 4.72 Å². The fraction of sp³-hybridized carbons (Fsp3) is 0.517. The first-order chi connectivity index (χ1) is 19.4. The monoisotopic (exact) mass is 619 g/mol. The Kier molecular flexibility index (Phi) is 8.81. The minimum atomic E-state index is -4.20. The van der Waals surface area contributed by atoms with E-state index in [9.17, 15) is 21.6 Å².